The van der Waals surface area contributed by atoms with Gasteiger partial charge < -0.3 is 9.80 Å². The van der Waals surface area contributed by atoms with Gasteiger partial charge in [0, 0.05) is 34.0 Å². The summed E-state index contributed by atoms with van der Waals surface area (Å²) in [5, 5.41) is 0. The number of hydrogen-bond acceptors (Lipinski definition) is 2. The molecule has 2 heteroatoms. The lowest BCUT2D eigenvalue weighted by Gasteiger charge is -2.35. The molecule has 13 rings (SSSR count). The molecule has 0 saturated carbocycles. The van der Waals surface area contributed by atoms with Crippen molar-refractivity contribution in [2.75, 3.05) is 9.80 Å². The Kier molecular flexibility index (Phi) is 12.0. The van der Waals surface area contributed by atoms with Crippen molar-refractivity contribution in [1.82, 2.24) is 0 Å². The maximum Gasteiger partial charge on any atom is 0.0714 e. The van der Waals surface area contributed by atoms with Gasteiger partial charge in [-0.2, -0.15) is 0 Å². The molecule has 0 aliphatic heterocycles. The molecule has 0 spiro atoms. The first-order chi connectivity index (χ1) is 37.2. The molecule has 2 aliphatic carbocycles. The third kappa shape index (κ3) is 8.37. The van der Waals surface area contributed by atoms with Crippen LogP contribution >= 0.6 is 0 Å². The van der Waals surface area contributed by atoms with Gasteiger partial charge >= 0.3 is 0 Å². The molecule has 0 radical (unpaired) electrons. The van der Waals surface area contributed by atoms with Gasteiger partial charge in [0.15, 0.2) is 0 Å². The molecule has 11 aromatic rings. The molecule has 0 aromatic heterocycles. The van der Waals surface area contributed by atoms with E-state index in [2.05, 4.69) is 313 Å². The highest BCUT2D eigenvalue weighted by atomic mass is 15.2. The Hall–Kier alpha value is -9.50. The minimum Gasteiger partial charge on any atom is -0.314 e. The zero-order valence-electron chi connectivity index (χ0n) is 41.7. The Balaban J connectivity index is 0.965. The van der Waals surface area contributed by atoms with Crippen LogP contribution in [0.5, 0.6) is 0 Å². The Morgan fingerprint density at radius 2 is 0.653 bits per heavy atom. The number of allylic oxidation sites excluding steroid dienone is 4. The largest absolute Gasteiger partial charge is 0.314 e. The summed E-state index contributed by atoms with van der Waals surface area (Å²) in [6.45, 7) is 0. The fourth-order valence-corrected chi connectivity index (χ4v) is 11.7. The molecule has 75 heavy (non-hydrogen) atoms. The van der Waals surface area contributed by atoms with Gasteiger partial charge in [0.05, 0.1) is 11.1 Å². The average Bonchev–Trinajstić information content (AvgIpc) is 3.94. The van der Waals surface area contributed by atoms with E-state index < -0.39 is 5.41 Å². The Bertz CT molecular complexity index is 3730. The molecule has 0 amide bonds. The van der Waals surface area contributed by atoms with Crippen LogP contribution in [0.25, 0.3) is 50.1 Å². The second-order valence-corrected chi connectivity index (χ2v) is 19.5. The maximum atomic E-state index is 2.46. The SMILES string of the molecule is C1=C(c2ccccc2)CCC(N(c2ccc(-c3ccccc3)cc2)c2ccc(C3(c4ccccc4)c4ccccc4-c4c(N(c5ccc(-c6ccccc6)cc5)c5ccc(-c6ccccc6)cc5)cccc43)cc2)=C1. The molecular weight excluding hydrogens is 905 g/mol. The van der Waals surface area contributed by atoms with Crippen LogP contribution in [0.4, 0.5) is 28.4 Å². The topological polar surface area (TPSA) is 6.48 Å². The van der Waals surface area contributed by atoms with Crippen molar-refractivity contribution in [3.05, 3.63) is 337 Å². The van der Waals surface area contributed by atoms with Crippen molar-refractivity contribution in [2.24, 2.45) is 0 Å². The molecule has 0 bridgehead atoms. The molecule has 356 valence electrons. The van der Waals surface area contributed by atoms with Crippen molar-refractivity contribution >= 4 is 34.0 Å². The van der Waals surface area contributed by atoms with E-state index in [1.165, 1.54) is 83.6 Å². The predicted molar refractivity (Wildman–Crippen MR) is 315 cm³/mol. The summed E-state index contributed by atoms with van der Waals surface area (Å²) >= 11 is 0. The second-order valence-electron chi connectivity index (χ2n) is 19.5. The number of hydrogen-bond donors (Lipinski definition) is 0. The Morgan fingerprint density at radius 3 is 1.13 bits per heavy atom. The number of fused-ring (bicyclic) bond motifs is 3. The lowest BCUT2D eigenvalue weighted by atomic mass is 9.67. The van der Waals surface area contributed by atoms with Crippen LogP contribution in [-0.4, -0.2) is 0 Å². The zero-order valence-corrected chi connectivity index (χ0v) is 41.7. The summed E-state index contributed by atoms with van der Waals surface area (Å²) in [5.74, 6) is 0. The Morgan fingerprint density at radius 1 is 0.267 bits per heavy atom. The molecule has 0 fully saturated rings. The quantitative estimate of drug-likeness (QED) is 0.120. The van der Waals surface area contributed by atoms with Crippen LogP contribution in [0.1, 0.15) is 40.7 Å². The first-order valence-electron chi connectivity index (χ1n) is 26.1. The van der Waals surface area contributed by atoms with Gasteiger partial charge in [-0.1, -0.05) is 243 Å². The van der Waals surface area contributed by atoms with Gasteiger partial charge in [0.25, 0.3) is 0 Å². The zero-order chi connectivity index (χ0) is 50.0. The number of benzene rings is 11. The van der Waals surface area contributed by atoms with Crippen LogP contribution in [0.3, 0.4) is 0 Å². The van der Waals surface area contributed by atoms with Crippen molar-refractivity contribution in [1.29, 1.82) is 0 Å². The van der Waals surface area contributed by atoms with Crippen LogP contribution in [0, 0.1) is 0 Å². The lowest BCUT2D eigenvalue weighted by molar-refractivity contribution is 0.768. The first kappa shape index (κ1) is 45.4. The summed E-state index contributed by atoms with van der Waals surface area (Å²) < 4.78 is 0. The molecule has 0 saturated heterocycles. The van der Waals surface area contributed by atoms with Gasteiger partial charge in [-0.3, -0.25) is 0 Å². The van der Waals surface area contributed by atoms with E-state index in [4.69, 9.17) is 0 Å². The first-order valence-corrected chi connectivity index (χ1v) is 26.1. The Labute approximate surface area is 441 Å². The van der Waals surface area contributed by atoms with Gasteiger partial charge in [0.1, 0.15) is 0 Å². The van der Waals surface area contributed by atoms with E-state index in [9.17, 15) is 0 Å². The van der Waals surface area contributed by atoms with Crippen molar-refractivity contribution in [2.45, 2.75) is 18.3 Å². The minimum absolute atomic E-state index is 0.624. The van der Waals surface area contributed by atoms with Crippen LogP contribution in [0.2, 0.25) is 0 Å². The summed E-state index contributed by atoms with van der Waals surface area (Å²) in [5.41, 5.74) is 23.5. The van der Waals surface area contributed by atoms with Crippen molar-refractivity contribution in [3.63, 3.8) is 0 Å². The average molecular weight is 959 g/mol. The fourth-order valence-electron chi connectivity index (χ4n) is 11.7. The second kappa shape index (κ2) is 19.8. The fraction of sp³-hybridized carbons (Fsp3) is 0.0411. The highest BCUT2D eigenvalue weighted by Gasteiger charge is 2.47. The normalized spacial score (nSPS) is 14.5. The van der Waals surface area contributed by atoms with E-state index in [1.54, 1.807) is 0 Å². The molecular formula is C73H54N2. The molecule has 2 nitrogen and oxygen atoms in total. The summed E-state index contributed by atoms with van der Waals surface area (Å²) in [6, 6.07) is 107. The molecule has 2 aliphatic rings. The van der Waals surface area contributed by atoms with Crippen LogP contribution in [0.15, 0.2) is 309 Å². The third-order valence-corrected chi connectivity index (χ3v) is 15.3. The van der Waals surface area contributed by atoms with E-state index in [1.807, 2.05) is 0 Å². The summed E-state index contributed by atoms with van der Waals surface area (Å²) in [6.07, 6.45) is 6.53. The summed E-state index contributed by atoms with van der Waals surface area (Å²) in [7, 11) is 0. The lowest BCUT2D eigenvalue weighted by Crippen LogP contribution is -2.28. The molecule has 1 atom stereocenters. The van der Waals surface area contributed by atoms with Gasteiger partial charge in [-0.05, 0) is 146 Å². The molecule has 11 aromatic carbocycles. The highest BCUT2D eigenvalue weighted by molar-refractivity contribution is 5.98. The number of rotatable bonds is 12. The van der Waals surface area contributed by atoms with Gasteiger partial charge in [0.2, 0.25) is 0 Å². The standard InChI is InChI=1S/C73H54N2/c1-6-19-53(20-7-1)57-33-43-63(44-34-57)74(64-45-35-58(36-46-64)54-21-8-2-9-22-54)65-51-41-62(42-52-65)73(61-27-14-5-15-28-61)69-30-17-16-29-68(69)72-70(73)31-18-32-71(72)75(66-47-37-59(38-48-66)55-23-10-3-11-24-55)67-49-39-60(40-50-67)56-25-12-4-13-26-56/h1-35,37-45,47-52H,36,46H2. The molecule has 0 N–H and O–H groups in total. The highest BCUT2D eigenvalue weighted by Crippen LogP contribution is 2.60. The van der Waals surface area contributed by atoms with E-state index in [-0.39, 0.29) is 0 Å². The van der Waals surface area contributed by atoms with Crippen molar-refractivity contribution in [3.8, 4) is 44.5 Å². The molecule has 1 unspecified atom stereocenters. The maximum absolute atomic E-state index is 2.46. The van der Waals surface area contributed by atoms with Crippen LogP contribution in [-0.2, 0) is 5.41 Å². The van der Waals surface area contributed by atoms with Gasteiger partial charge in [-0.25, -0.2) is 0 Å². The smallest absolute Gasteiger partial charge is 0.0714 e. The third-order valence-electron chi connectivity index (χ3n) is 15.3. The predicted octanol–water partition coefficient (Wildman–Crippen LogP) is 19.4. The van der Waals surface area contributed by atoms with Crippen LogP contribution < -0.4 is 9.80 Å². The van der Waals surface area contributed by atoms with E-state index in [0.717, 1.165) is 41.3 Å². The monoisotopic (exact) mass is 958 g/mol. The number of anilines is 5. The van der Waals surface area contributed by atoms with E-state index in [0.29, 0.717) is 0 Å². The molecule has 0 heterocycles. The van der Waals surface area contributed by atoms with Crippen molar-refractivity contribution < 1.29 is 0 Å². The van der Waals surface area contributed by atoms with Gasteiger partial charge in [-0.15, -0.1) is 0 Å². The van der Waals surface area contributed by atoms with E-state index >= 15 is 0 Å². The number of nitrogens with zero attached hydrogens (tertiary/aromatic N) is 2. The minimum atomic E-state index is -0.624. The summed E-state index contributed by atoms with van der Waals surface area (Å²) in [4.78, 5) is 4.92.